The van der Waals surface area contributed by atoms with Crippen molar-refractivity contribution in [3.8, 4) is 0 Å². The summed E-state index contributed by atoms with van der Waals surface area (Å²) >= 11 is 8.12. The molecular weight excluding hydrogens is 264 g/mol. The molecule has 1 saturated carbocycles. The van der Waals surface area contributed by atoms with E-state index >= 15 is 0 Å². The third-order valence-corrected chi connectivity index (χ3v) is 6.06. The molecule has 0 aliphatic heterocycles. The lowest BCUT2D eigenvalue weighted by Crippen LogP contribution is -2.35. The van der Waals surface area contributed by atoms with Crippen LogP contribution in [0.5, 0.6) is 0 Å². The third-order valence-electron chi connectivity index (χ3n) is 4.26. The molecule has 2 rings (SSSR count). The van der Waals surface area contributed by atoms with Gasteiger partial charge in [-0.15, -0.1) is 11.3 Å². The minimum atomic E-state index is 0.227. The van der Waals surface area contributed by atoms with Crippen LogP contribution >= 0.6 is 22.9 Å². The van der Waals surface area contributed by atoms with Crippen molar-refractivity contribution in [2.45, 2.75) is 52.0 Å². The van der Waals surface area contributed by atoms with Crippen molar-refractivity contribution < 1.29 is 0 Å². The maximum Gasteiger partial charge on any atom is 0.0596 e. The minimum Gasteiger partial charge on any atom is -0.271 e. The Morgan fingerprint density at radius 3 is 2.89 bits per heavy atom. The van der Waals surface area contributed by atoms with Crippen LogP contribution in [0.25, 0.3) is 0 Å². The van der Waals surface area contributed by atoms with Gasteiger partial charge >= 0.3 is 0 Å². The number of hydrogen-bond acceptors (Lipinski definition) is 3. The molecule has 0 radical (unpaired) electrons. The zero-order chi connectivity index (χ0) is 13.1. The zero-order valence-corrected chi connectivity index (χ0v) is 12.8. The molecule has 1 aliphatic rings. The van der Waals surface area contributed by atoms with Gasteiger partial charge in [-0.2, -0.15) is 0 Å². The molecule has 2 nitrogen and oxygen atoms in total. The van der Waals surface area contributed by atoms with Gasteiger partial charge in [-0.1, -0.05) is 37.8 Å². The number of nitrogens with two attached hydrogens (primary N) is 1. The first-order valence-corrected chi connectivity index (χ1v) is 8.12. The standard InChI is InChI=1S/C14H23ClN2S/c1-3-10-5-4-6-11(7-10)13(17-16)14-12(15)9(2)8-18-14/h8,10-11,13,17H,3-7,16H2,1-2H3. The van der Waals surface area contributed by atoms with Crippen molar-refractivity contribution in [3.63, 3.8) is 0 Å². The van der Waals surface area contributed by atoms with Gasteiger partial charge in [-0.25, -0.2) is 0 Å². The number of halogens is 1. The topological polar surface area (TPSA) is 38.0 Å². The monoisotopic (exact) mass is 286 g/mol. The van der Waals surface area contributed by atoms with E-state index in [1.165, 1.54) is 42.5 Å². The Bertz CT molecular complexity index is 391. The van der Waals surface area contributed by atoms with E-state index in [1.54, 1.807) is 11.3 Å². The highest BCUT2D eigenvalue weighted by Crippen LogP contribution is 2.42. The molecule has 0 aromatic carbocycles. The lowest BCUT2D eigenvalue weighted by Gasteiger charge is -2.33. The predicted molar refractivity (Wildman–Crippen MR) is 79.9 cm³/mol. The Morgan fingerprint density at radius 2 is 2.33 bits per heavy atom. The summed E-state index contributed by atoms with van der Waals surface area (Å²) in [6, 6.07) is 0.227. The highest BCUT2D eigenvalue weighted by atomic mass is 35.5. The van der Waals surface area contributed by atoms with Gasteiger partial charge in [-0.3, -0.25) is 11.3 Å². The first kappa shape index (κ1) is 14.3. The van der Waals surface area contributed by atoms with Gasteiger partial charge < -0.3 is 0 Å². The Labute approximate surface area is 119 Å². The van der Waals surface area contributed by atoms with Crippen LogP contribution < -0.4 is 11.3 Å². The van der Waals surface area contributed by atoms with Crippen LogP contribution in [0.3, 0.4) is 0 Å². The molecule has 1 aliphatic carbocycles. The summed E-state index contributed by atoms with van der Waals surface area (Å²) < 4.78 is 0. The molecule has 0 spiro atoms. The summed E-state index contributed by atoms with van der Waals surface area (Å²) in [6.45, 7) is 4.35. The van der Waals surface area contributed by atoms with Crippen LogP contribution in [0.1, 0.15) is 55.5 Å². The van der Waals surface area contributed by atoms with E-state index in [0.717, 1.165) is 10.9 Å². The SMILES string of the molecule is CCC1CCCC(C(NN)c2scc(C)c2Cl)C1. The third kappa shape index (κ3) is 2.90. The molecule has 3 atom stereocenters. The summed E-state index contributed by atoms with van der Waals surface area (Å²) in [5, 5.41) is 3.03. The molecule has 1 heterocycles. The van der Waals surface area contributed by atoms with Crippen molar-refractivity contribution in [2.75, 3.05) is 0 Å². The number of nitrogens with one attached hydrogen (secondary N) is 1. The van der Waals surface area contributed by atoms with E-state index < -0.39 is 0 Å². The summed E-state index contributed by atoms with van der Waals surface area (Å²) in [6.07, 6.45) is 6.52. The highest BCUT2D eigenvalue weighted by Gasteiger charge is 2.30. The maximum atomic E-state index is 6.39. The van der Waals surface area contributed by atoms with Crippen LogP contribution in [0.15, 0.2) is 5.38 Å². The molecule has 0 bridgehead atoms. The fourth-order valence-electron chi connectivity index (χ4n) is 3.09. The molecule has 0 saturated heterocycles. The average Bonchev–Trinajstić information content (AvgIpc) is 2.72. The lowest BCUT2D eigenvalue weighted by molar-refractivity contribution is 0.212. The fraction of sp³-hybridized carbons (Fsp3) is 0.714. The normalized spacial score (nSPS) is 26.2. The molecule has 18 heavy (non-hydrogen) atoms. The second kappa shape index (κ2) is 6.38. The van der Waals surface area contributed by atoms with Crippen molar-refractivity contribution >= 4 is 22.9 Å². The second-order valence-electron chi connectivity index (χ2n) is 5.44. The van der Waals surface area contributed by atoms with E-state index in [9.17, 15) is 0 Å². The van der Waals surface area contributed by atoms with Gasteiger partial charge in [0.1, 0.15) is 0 Å². The summed E-state index contributed by atoms with van der Waals surface area (Å²) in [5.41, 5.74) is 4.18. The summed E-state index contributed by atoms with van der Waals surface area (Å²) in [7, 11) is 0. The number of thiophene rings is 1. The molecule has 3 unspecified atom stereocenters. The van der Waals surface area contributed by atoms with E-state index in [2.05, 4.69) is 24.7 Å². The molecule has 1 aromatic rings. The molecule has 3 N–H and O–H groups in total. The van der Waals surface area contributed by atoms with Crippen molar-refractivity contribution in [2.24, 2.45) is 17.7 Å². The van der Waals surface area contributed by atoms with Crippen LogP contribution in [0, 0.1) is 18.8 Å². The van der Waals surface area contributed by atoms with Crippen LogP contribution in [-0.2, 0) is 0 Å². The molecule has 1 aromatic heterocycles. The van der Waals surface area contributed by atoms with Crippen molar-refractivity contribution in [3.05, 3.63) is 20.8 Å². The molecule has 4 heteroatoms. The molecule has 0 amide bonds. The van der Waals surface area contributed by atoms with Gasteiger partial charge in [0.05, 0.1) is 11.1 Å². The fourth-order valence-corrected chi connectivity index (χ4v) is 4.56. The first-order chi connectivity index (χ1) is 8.67. The van der Waals surface area contributed by atoms with Crippen LogP contribution in [-0.4, -0.2) is 0 Å². The van der Waals surface area contributed by atoms with Gasteiger partial charge in [0, 0.05) is 4.88 Å². The van der Waals surface area contributed by atoms with Crippen LogP contribution in [0.4, 0.5) is 0 Å². The van der Waals surface area contributed by atoms with E-state index in [4.69, 9.17) is 17.4 Å². The molecular formula is C14H23ClN2S. The van der Waals surface area contributed by atoms with E-state index in [1.807, 2.05) is 0 Å². The Hall–Kier alpha value is -0.0900. The van der Waals surface area contributed by atoms with Gasteiger partial charge in [-0.05, 0) is 42.5 Å². The molecule has 1 fully saturated rings. The second-order valence-corrected chi connectivity index (χ2v) is 6.73. The Balaban J connectivity index is 2.15. The number of hydrogen-bond donors (Lipinski definition) is 2. The zero-order valence-electron chi connectivity index (χ0n) is 11.2. The maximum absolute atomic E-state index is 6.39. The quantitative estimate of drug-likeness (QED) is 0.635. The van der Waals surface area contributed by atoms with Crippen molar-refractivity contribution in [1.82, 2.24) is 5.43 Å². The minimum absolute atomic E-state index is 0.227. The van der Waals surface area contributed by atoms with Gasteiger partial charge in [0.15, 0.2) is 0 Å². The smallest absolute Gasteiger partial charge is 0.0596 e. The Kier molecular flexibility index (Phi) is 5.07. The largest absolute Gasteiger partial charge is 0.271 e. The summed E-state index contributed by atoms with van der Waals surface area (Å²) in [5.74, 6) is 7.29. The highest BCUT2D eigenvalue weighted by molar-refractivity contribution is 7.10. The predicted octanol–water partition coefficient (Wildman–Crippen LogP) is 4.43. The number of aryl methyl sites for hydroxylation is 1. The number of hydrazine groups is 1. The Morgan fingerprint density at radius 1 is 1.56 bits per heavy atom. The van der Waals surface area contributed by atoms with E-state index in [-0.39, 0.29) is 6.04 Å². The van der Waals surface area contributed by atoms with Crippen molar-refractivity contribution in [1.29, 1.82) is 0 Å². The van der Waals surface area contributed by atoms with Gasteiger partial charge in [0.25, 0.3) is 0 Å². The molecule has 102 valence electrons. The summed E-state index contributed by atoms with van der Waals surface area (Å²) in [4.78, 5) is 1.22. The average molecular weight is 287 g/mol. The number of rotatable bonds is 4. The lowest BCUT2D eigenvalue weighted by atomic mass is 9.76. The van der Waals surface area contributed by atoms with E-state index in [0.29, 0.717) is 5.92 Å². The van der Waals surface area contributed by atoms with Gasteiger partial charge in [0.2, 0.25) is 0 Å². The first-order valence-electron chi connectivity index (χ1n) is 6.87. The van der Waals surface area contributed by atoms with Crippen LogP contribution in [0.2, 0.25) is 5.02 Å².